The summed E-state index contributed by atoms with van der Waals surface area (Å²) in [4.78, 5) is 23.7. The van der Waals surface area contributed by atoms with Gasteiger partial charge in [0, 0.05) is 23.7 Å². The number of hydrogen-bond acceptors (Lipinski definition) is 6. The lowest BCUT2D eigenvalue weighted by molar-refractivity contribution is -0.384. The molecule has 0 aliphatic carbocycles. The highest BCUT2D eigenvalue weighted by Gasteiger charge is 2.27. The number of non-ortho nitro benzene ring substituents is 1. The predicted molar refractivity (Wildman–Crippen MR) is 97.2 cm³/mol. The Morgan fingerprint density at radius 3 is 2.85 bits per heavy atom. The highest BCUT2D eigenvalue weighted by Crippen LogP contribution is 2.32. The van der Waals surface area contributed by atoms with Crippen LogP contribution in [-0.4, -0.2) is 37.3 Å². The van der Waals surface area contributed by atoms with Crippen LogP contribution >= 0.6 is 11.6 Å². The first kappa shape index (κ1) is 17.8. The lowest BCUT2D eigenvalue weighted by Crippen LogP contribution is -2.25. The number of carbonyl (C=O) groups excluding carboxylic acids is 1. The number of hydrogen-bond donors (Lipinski definition) is 1. The van der Waals surface area contributed by atoms with Crippen LogP contribution in [-0.2, 0) is 4.74 Å². The summed E-state index contributed by atoms with van der Waals surface area (Å²) < 4.78 is 10.5. The number of nitro benzene ring substituents is 1. The van der Waals surface area contributed by atoms with E-state index in [-0.39, 0.29) is 12.3 Å². The molecule has 1 fully saturated rings. The molecule has 8 nitrogen and oxygen atoms in total. The molecule has 26 heavy (non-hydrogen) atoms. The van der Waals surface area contributed by atoms with Gasteiger partial charge in [-0.15, -0.1) is 0 Å². The molecule has 1 aliphatic rings. The van der Waals surface area contributed by atoms with Crippen molar-refractivity contribution in [2.75, 3.05) is 36.5 Å². The first-order chi connectivity index (χ1) is 12.5. The molecule has 2 aromatic rings. The highest BCUT2D eigenvalue weighted by molar-refractivity contribution is 6.30. The molecule has 1 amide bonds. The predicted octanol–water partition coefficient (Wildman–Crippen LogP) is 3.70. The second kappa shape index (κ2) is 7.92. The van der Waals surface area contributed by atoms with E-state index in [9.17, 15) is 14.9 Å². The summed E-state index contributed by atoms with van der Waals surface area (Å²) >= 11 is 5.90. The second-order valence-corrected chi connectivity index (χ2v) is 5.89. The fraction of sp³-hybridized carbons (Fsp3) is 0.235. The van der Waals surface area contributed by atoms with Crippen molar-refractivity contribution >= 4 is 34.8 Å². The van der Waals surface area contributed by atoms with Crippen molar-refractivity contribution in [1.29, 1.82) is 0 Å². The normalized spacial score (nSPS) is 13.4. The van der Waals surface area contributed by atoms with Gasteiger partial charge >= 0.3 is 6.09 Å². The summed E-state index contributed by atoms with van der Waals surface area (Å²) in [6, 6.07) is 11.3. The summed E-state index contributed by atoms with van der Waals surface area (Å²) in [5, 5.41) is 14.7. The minimum Gasteiger partial charge on any atom is -0.492 e. The van der Waals surface area contributed by atoms with Crippen molar-refractivity contribution in [3.05, 3.63) is 57.6 Å². The summed E-state index contributed by atoms with van der Waals surface area (Å²) in [7, 11) is 0. The molecule has 9 heteroatoms. The van der Waals surface area contributed by atoms with E-state index < -0.39 is 11.0 Å². The van der Waals surface area contributed by atoms with E-state index in [1.165, 1.54) is 17.0 Å². The minimum atomic E-state index is -0.524. The van der Waals surface area contributed by atoms with Crippen molar-refractivity contribution in [3.8, 4) is 5.75 Å². The number of nitrogens with one attached hydrogen (secondary N) is 1. The van der Waals surface area contributed by atoms with Crippen LogP contribution in [0.2, 0.25) is 5.02 Å². The van der Waals surface area contributed by atoms with Gasteiger partial charge in [0.05, 0.1) is 22.8 Å². The number of nitro groups is 1. The van der Waals surface area contributed by atoms with E-state index in [1.807, 2.05) is 0 Å². The first-order valence-electron chi connectivity index (χ1n) is 7.89. The zero-order valence-electron chi connectivity index (χ0n) is 13.7. The second-order valence-electron chi connectivity index (χ2n) is 5.46. The molecule has 0 aromatic heterocycles. The van der Waals surface area contributed by atoms with E-state index in [2.05, 4.69) is 5.32 Å². The standard InChI is InChI=1S/C17H16ClN3O5/c18-12-2-1-3-14(10-12)25-8-6-19-15-5-4-13(21(23)24)11-16(15)20-7-9-26-17(20)22/h1-5,10-11,19H,6-9H2. The van der Waals surface area contributed by atoms with Gasteiger partial charge in [-0.25, -0.2) is 4.79 Å². The monoisotopic (exact) mass is 377 g/mol. The number of nitrogens with zero attached hydrogens (tertiary/aromatic N) is 2. The number of halogens is 1. The number of amides is 1. The van der Waals surface area contributed by atoms with Gasteiger partial charge in [-0.05, 0) is 24.3 Å². The maximum Gasteiger partial charge on any atom is 0.414 e. The average molecular weight is 378 g/mol. The molecule has 0 saturated carbocycles. The Bertz CT molecular complexity index is 830. The van der Waals surface area contributed by atoms with Crippen LogP contribution in [0.5, 0.6) is 5.75 Å². The van der Waals surface area contributed by atoms with E-state index in [1.54, 1.807) is 30.3 Å². The van der Waals surface area contributed by atoms with Gasteiger partial charge in [-0.2, -0.15) is 0 Å². The summed E-state index contributed by atoms with van der Waals surface area (Å²) in [5.74, 6) is 0.645. The molecule has 1 N–H and O–H groups in total. The molecule has 3 rings (SSSR count). The molecule has 0 unspecified atom stereocenters. The van der Waals surface area contributed by atoms with Crippen molar-refractivity contribution in [3.63, 3.8) is 0 Å². The van der Waals surface area contributed by atoms with Crippen molar-refractivity contribution in [2.45, 2.75) is 0 Å². The minimum absolute atomic E-state index is 0.0968. The number of cyclic esters (lactones) is 1. The Hall–Kier alpha value is -3.00. The first-order valence-corrected chi connectivity index (χ1v) is 8.27. The zero-order valence-corrected chi connectivity index (χ0v) is 14.4. The summed E-state index contributed by atoms with van der Waals surface area (Å²) in [5.41, 5.74) is 0.897. The topological polar surface area (TPSA) is 93.9 Å². The molecule has 1 saturated heterocycles. The third-order valence-electron chi connectivity index (χ3n) is 3.73. The number of carbonyl (C=O) groups is 1. The van der Waals surface area contributed by atoms with Gasteiger partial charge in [0.25, 0.3) is 5.69 Å². The van der Waals surface area contributed by atoms with Crippen LogP contribution in [0.3, 0.4) is 0 Å². The molecule has 1 aliphatic heterocycles. The average Bonchev–Trinajstić information content (AvgIpc) is 3.04. The fourth-order valence-corrected chi connectivity index (χ4v) is 2.71. The molecule has 136 valence electrons. The van der Waals surface area contributed by atoms with E-state index >= 15 is 0 Å². The zero-order chi connectivity index (χ0) is 18.5. The van der Waals surface area contributed by atoms with Gasteiger partial charge in [-0.1, -0.05) is 17.7 Å². The van der Waals surface area contributed by atoms with Gasteiger partial charge in [-0.3, -0.25) is 15.0 Å². The van der Waals surface area contributed by atoms with E-state index in [0.717, 1.165) is 0 Å². The largest absolute Gasteiger partial charge is 0.492 e. The molecular weight excluding hydrogens is 362 g/mol. The Labute approximate surface area is 154 Å². The van der Waals surface area contributed by atoms with Crippen LogP contribution in [0, 0.1) is 10.1 Å². The fourth-order valence-electron chi connectivity index (χ4n) is 2.53. The van der Waals surface area contributed by atoms with Crippen LogP contribution in [0.25, 0.3) is 0 Å². The number of rotatable bonds is 7. The number of ether oxygens (including phenoxy) is 2. The lowest BCUT2D eigenvalue weighted by Gasteiger charge is -2.18. The molecule has 0 radical (unpaired) electrons. The van der Waals surface area contributed by atoms with Gasteiger partial charge in [0.1, 0.15) is 19.0 Å². The van der Waals surface area contributed by atoms with E-state index in [4.69, 9.17) is 21.1 Å². The van der Waals surface area contributed by atoms with Crippen molar-refractivity contribution in [1.82, 2.24) is 0 Å². The van der Waals surface area contributed by atoms with Crippen LogP contribution in [0.4, 0.5) is 21.9 Å². The van der Waals surface area contributed by atoms with Crippen molar-refractivity contribution < 1.29 is 19.2 Å². The molecule has 0 spiro atoms. The van der Waals surface area contributed by atoms with Crippen LogP contribution < -0.4 is 15.0 Å². The Balaban J connectivity index is 1.68. The quantitative estimate of drug-likeness (QED) is 0.449. The third-order valence-corrected chi connectivity index (χ3v) is 3.96. The molecule has 0 atom stereocenters. The summed E-state index contributed by atoms with van der Waals surface area (Å²) in [6.07, 6.45) is -0.524. The molecule has 1 heterocycles. The smallest absolute Gasteiger partial charge is 0.414 e. The third kappa shape index (κ3) is 4.15. The van der Waals surface area contributed by atoms with Crippen molar-refractivity contribution in [2.24, 2.45) is 0 Å². The molecule has 2 aromatic carbocycles. The highest BCUT2D eigenvalue weighted by atomic mass is 35.5. The van der Waals surface area contributed by atoms with Crippen LogP contribution in [0.15, 0.2) is 42.5 Å². The van der Waals surface area contributed by atoms with Gasteiger partial charge in [0.2, 0.25) is 0 Å². The Morgan fingerprint density at radius 2 is 2.15 bits per heavy atom. The summed E-state index contributed by atoms with van der Waals surface area (Å²) in [6.45, 7) is 1.37. The number of anilines is 2. The lowest BCUT2D eigenvalue weighted by atomic mass is 10.2. The van der Waals surface area contributed by atoms with E-state index in [0.29, 0.717) is 41.8 Å². The van der Waals surface area contributed by atoms with Gasteiger partial charge in [0.15, 0.2) is 0 Å². The molecule has 0 bridgehead atoms. The van der Waals surface area contributed by atoms with Crippen LogP contribution in [0.1, 0.15) is 0 Å². The Morgan fingerprint density at radius 1 is 1.31 bits per heavy atom. The maximum atomic E-state index is 11.8. The molecular formula is C17H16ClN3O5. The SMILES string of the molecule is O=C1OCCN1c1cc([N+](=O)[O-])ccc1NCCOc1cccc(Cl)c1. The maximum absolute atomic E-state index is 11.8. The van der Waals surface area contributed by atoms with Gasteiger partial charge < -0.3 is 14.8 Å². The number of benzene rings is 2. The Kier molecular flexibility index (Phi) is 5.43.